The summed E-state index contributed by atoms with van der Waals surface area (Å²) in [6.45, 7) is 2.07. The Morgan fingerprint density at radius 3 is 2.84 bits per heavy atom. The standard InChI is InChI=1S/C14H17N3O2/c1-3-4-11-8-13(18)17-12(16-11)7-10-5-6-14(19-2)15-9-10/h5-6,8-9H,3-4,7H2,1-2H3,(H,16,17,18). The quantitative estimate of drug-likeness (QED) is 0.887. The molecule has 0 aliphatic carbocycles. The maximum absolute atomic E-state index is 11.5. The van der Waals surface area contributed by atoms with Crippen molar-refractivity contribution in [3.63, 3.8) is 0 Å². The van der Waals surface area contributed by atoms with Crippen LogP contribution in [0.1, 0.15) is 30.4 Å². The molecule has 0 aliphatic rings. The van der Waals surface area contributed by atoms with E-state index >= 15 is 0 Å². The molecule has 0 radical (unpaired) electrons. The van der Waals surface area contributed by atoms with E-state index in [1.54, 1.807) is 25.4 Å². The fourth-order valence-corrected chi connectivity index (χ4v) is 1.86. The van der Waals surface area contributed by atoms with Crippen molar-refractivity contribution in [2.75, 3.05) is 7.11 Å². The van der Waals surface area contributed by atoms with Crippen LogP contribution in [0, 0.1) is 0 Å². The van der Waals surface area contributed by atoms with Gasteiger partial charge in [-0.15, -0.1) is 0 Å². The number of nitrogens with one attached hydrogen (secondary N) is 1. The molecular formula is C14H17N3O2. The van der Waals surface area contributed by atoms with Gasteiger partial charge in [-0.25, -0.2) is 9.97 Å². The van der Waals surface area contributed by atoms with E-state index in [1.165, 1.54) is 0 Å². The molecule has 0 bridgehead atoms. The second-order valence-electron chi connectivity index (χ2n) is 4.32. The molecule has 2 aromatic heterocycles. The van der Waals surface area contributed by atoms with Crippen LogP contribution in [-0.4, -0.2) is 22.1 Å². The average Bonchev–Trinajstić information content (AvgIpc) is 2.39. The third-order valence-electron chi connectivity index (χ3n) is 2.73. The van der Waals surface area contributed by atoms with Gasteiger partial charge in [-0.1, -0.05) is 19.4 Å². The summed E-state index contributed by atoms with van der Waals surface area (Å²) < 4.78 is 5.01. The zero-order valence-electron chi connectivity index (χ0n) is 11.1. The van der Waals surface area contributed by atoms with Gasteiger partial charge in [0.05, 0.1) is 7.11 Å². The van der Waals surface area contributed by atoms with Crippen LogP contribution in [0.2, 0.25) is 0 Å². The van der Waals surface area contributed by atoms with Gasteiger partial charge in [0.2, 0.25) is 5.88 Å². The number of ether oxygens (including phenoxy) is 1. The van der Waals surface area contributed by atoms with E-state index in [-0.39, 0.29) is 5.56 Å². The molecule has 0 amide bonds. The van der Waals surface area contributed by atoms with Gasteiger partial charge in [-0.3, -0.25) is 4.79 Å². The minimum absolute atomic E-state index is 0.102. The molecule has 0 fully saturated rings. The summed E-state index contributed by atoms with van der Waals surface area (Å²) in [5.41, 5.74) is 1.72. The van der Waals surface area contributed by atoms with Gasteiger partial charge in [-0.05, 0) is 12.0 Å². The van der Waals surface area contributed by atoms with Gasteiger partial charge < -0.3 is 9.72 Å². The van der Waals surface area contributed by atoms with Crippen molar-refractivity contribution in [2.45, 2.75) is 26.2 Å². The molecule has 1 N–H and O–H groups in total. The number of pyridine rings is 1. The minimum Gasteiger partial charge on any atom is -0.481 e. The van der Waals surface area contributed by atoms with Crippen LogP contribution in [0.3, 0.4) is 0 Å². The molecule has 5 heteroatoms. The minimum atomic E-state index is -0.102. The van der Waals surface area contributed by atoms with Crippen molar-refractivity contribution in [3.8, 4) is 5.88 Å². The lowest BCUT2D eigenvalue weighted by atomic mass is 10.2. The van der Waals surface area contributed by atoms with Gasteiger partial charge in [0.25, 0.3) is 5.56 Å². The number of hydrogen-bond donors (Lipinski definition) is 1. The molecule has 0 aromatic carbocycles. The molecule has 0 atom stereocenters. The molecule has 5 nitrogen and oxygen atoms in total. The summed E-state index contributed by atoms with van der Waals surface area (Å²) in [4.78, 5) is 22.9. The molecule has 0 saturated carbocycles. The number of nitrogens with zero attached hydrogens (tertiary/aromatic N) is 2. The van der Waals surface area contributed by atoms with E-state index < -0.39 is 0 Å². The maximum Gasteiger partial charge on any atom is 0.251 e. The fourth-order valence-electron chi connectivity index (χ4n) is 1.86. The Morgan fingerprint density at radius 1 is 1.37 bits per heavy atom. The van der Waals surface area contributed by atoms with Crippen molar-refractivity contribution in [3.05, 3.63) is 51.8 Å². The first-order valence-corrected chi connectivity index (χ1v) is 6.29. The topological polar surface area (TPSA) is 67.9 Å². The number of hydrogen-bond acceptors (Lipinski definition) is 4. The van der Waals surface area contributed by atoms with Gasteiger partial charge in [0, 0.05) is 30.4 Å². The summed E-state index contributed by atoms with van der Waals surface area (Å²) in [6.07, 6.45) is 4.08. The molecule has 2 heterocycles. The Kier molecular flexibility index (Phi) is 4.28. The van der Waals surface area contributed by atoms with Crippen LogP contribution in [0.4, 0.5) is 0 Å². The molecule has 100 valence electrons. The largest absolute Gasteiger partial charge is 0.481 e. The summed E-state index contributed by atoms with van der Waals surface area (Å²) in [5, 5.41) is 0. The number of aromatic amines is 1. The predicted molar refractivity (Wildman–Crippen MR) is 72.4 cm³/mol. The van der Waals surface area contributed by atoms with E-state index in [9.17, 15) is 4.79 Å². The lowest BCUT2D eigenvalue weighted by molar-refractivity contribution is 0.397. The van der Waals surface area contributed by atoms with Crippen LogP contribution < -0.4 is 10.3 Å². The third-order valence-corrected chi connectivity index (χ3v) is 2.73. The zero-order valence-corrected chi connectivity index (χ0v) is 11.1. The smallest absolute Gasteiger partial charge is 0.251 e. The Hall–Kier alpha value is -2.17. The summed E-state index contributed by atoms with van der Waals surface area (Å²) in [6, 6.07) is 5.26. The number of aryl methyl sites for hydroxylation is 1. The first-order valence-electron chi connectivity index (χ1n) is 6.29. The molecule has 0 saturated heterocycles. The van der Waals surface area contributed by atoms with E-state index in [2.05, 4.69) is 21.9 Å². The molecule has 0 spiro atoms. The number of rotatable bonds is 5. The summed E-state index contributed by atoms with van der Waals surface area (Å²) in [7, 11) is 1.58. The normalized spacial score (nSPS) is 10.4. The molecule has 2 rings (SSSR count). The first-order chi connectivity index (χ1) is 9.21. The highest BCUT2D eigenvalue weighted by Gasteiger charge is 2.03. The first kappa shape index (κ1) is 13.3. The fraction of sp³-hybridized carbons (Fsp3) is 0.357. The highest BCUT2D eigenvalue weighted by molar-refractivity contribution is 5.21. The monoisotopic (exact) mass is 259 g/mol. The Bertz CT molecular complexity index is 590. The van der Waals surface area contributed by atoms with Crippen LogP contribution in [0.15, 0.2) is 29.2 Å². The lowest BCUT2D eigenvalue weighted by Gasteiger charge is -2.04. The van der Waals surface area contributed by atoms with E-state index in [0.29, 0.717) is 18.1 Å². The van der Waals surface area contributed by atoms with Gasteiger partial charge in [-0.2, -0.15) is 0 Å². The highest BCUT2D eigenvalue weighted by atomic mass is 16.5. The van der Waals surface area contributed by atoms with Crippen LogP contribution in [0.25, 0.3) is 0 Å². The van der Waals surface area contributed by atoms with Gasteiger partial charge in [0.1, 0.15) is 5.82 Å². The molecular weight excluding hydrogens is 242 g/mol. The van der Waals surface area contributed by atoms with E-state index in [4.69, 9.17) is 4.74 Å². The van der Waals surface area contributed by atoms with Crippen LogP contribution >= 0.6 is 0 Å². The Balaban J connectivity index is 2.19. The molecule has 2 aromatic rings. The lowest BCUT2D eigenvalue weighted by Crippen LogP contribution is -2.13. The Morgan fingerprint density at radius 2 is 2.21 bits per heavy atom. The van der Waals surface area contributed by atoms with Gasteiger partial charge in [0.15, 0.2) is 0 Å². The van der Waals surface area contributed by atoms with Crippen LogP contribution in [0.5, 0.6) is 5.88 Å². The SMILES string of the molecule is CCCc1cc(=O)[nH]c(Cc2ccc(OC)nc2)n1. The molecule has 0 aliphatic heterocycles. The molecule has 19 heavy (non-hydrogen) atoms. The Labute approximate surface area is 111 Å². The van der Waals surface area contributed by atoms with Crippen molar-refractivity contribution in [1.82, 2.24) is 15.0 Å². The summed E-state index contributed by atoms with van der Waals surface area (Å²) in [5.74, 6) is 1.24. The molecule has 0 unspecified atom stereocenters. The second-order valence-corrected chi connectivity index (χ2v) is 4.32. The second kappa shape index (κ2) is 6.13. The van der Waals surface area contributed by atoms with Crippen molar-refractivity contribution < 1.29 is 4.74 Å². The van der Waals surface area contributed by atoms with E-state index in [0.717, 1.165) is 24.1 Å². The predicted octanol–water partition coefficient (Wildman–Crippen LogP) is 1.72. The van der Waals surface area contributed by atoms with Gasteiger partial charge >= 0.3 is 0 Å². The van der Waals surface area contributed by atoms with Crippen molar-refractivity contribution in [2.24, 2.45) is 0 Å². The van der Waals surface area contributed by atoms with Crippen LogP contribution in [-0.2, 0) is 12.8 Å². The zero-order chi connectivity index (χ0) is 13.7. The number of H-pyrrole nitrogens is 1. The summed E-state index contributed by atoms with van der Waals surface area (Å²) >= 11 is 0. The van der Waals surface area contributed by atoms with E-state index in [1.807, 2.05) is 6.07 Å². The third kappa shape index (κ3) is 3.64. The number of methoxy groups -OCH3 is 1. The van der Waals surface area contributed by atoms with Crippen molar-refractivity contribution >= 4 is 0 Å². The average molecular weight is 259 g/mol. The highest BCUT2D eigenvalue weighted by Crippen LogP contribution is 2.09. The van der Waals surface area contributed by atoms with Crippen molar-refractivity contribution in [1.29, 1.82) is 0 Å². The number of aromatic nitrogens is 3. The maximum atomic E-state index is 11.5.